The quantitative estimate of drug-likeness (QED) is 0.353. The van der Waals surface area contributed by atoms with Crippen LogP contribution in [0.2, 0.25) is 39.3 Å². The van der Waals surface area contributed by atoms with Gasteiger partial charge in [0.2, 0.25) is 16.6 Å². The molecule has 0 heterocycles. The zero-order valence-electron chi connectivity index (χ0n) is 20.8. The number of hydrogen-bond acceptors (Lipinski definition) is 2. The van der Waals surface area contributed by atoms with Gasteiger partial charge in [-0.2, -0.15) is 0 Å². The van der Waals surface area contributed by atoms with E-state index >= 15 is 0 Å². The van der Waals surface area contributed by atoms with Crippen LogP contribution in [0.1, 0.15) is 78.4 Å². The van der Waals surface area contributed by atoms with Crippen molar-refractivity contribution in [2.75, 3.05) is 0 Å². The first-order valence-electron chi connectivity index (χ1n) is 11.1. The molecule has 0 spiro atoms. The first-order chi connectivity index (χ1) is 12.5. The van der Waals surface area contributed by atoms with Gasteiger partial charge in [-0.05, 0) is 75.1 Å². The van der Waals surface area contributed by atoms with Crippen LogP contribution in [-0.4, -0.2) is 16.6 Å². The Bertz CT molecular complexity index is 592. The van der Waals surface area contributed by atoms with Gasteiger partial charge in [0, 0.05) is 11.1 Å². The Morgan fingerprint density at radius 1 is 0.643 bits per heavy atom. The molecule has 0 aliphatic carbocycles. The monoisotopic (exact) mass is 422 g/mol. The van der Waals surface area contributed by atoms with Gasteiger partial charge in [-0.1, -0.05) is 54.4 Å². The van der Waals surface area contributed by atoms with Crippen molar-refractivity contribution >= 4 is 16.6 Å². The van der Waals surface area contributed by atoms with E-state index in [1.54, 1.807) is 0 Å². The summed E-state index contributed by atoms with van der Waals surface area (Å²) in [5, 5.41) is 0. The molecule has 0 amide bonds. The molecule has 4 heteroatoms. The topological polar surface area (TPSA) is 18.5 Å². The van der Waals surface area contributed by atoms with Gasteiger partial charge in [-0.3, -0.25) is 0 Å². The van der Waals surface area contributed by atoms with E-state index in [9.17, 15) is 0 Å². The summed E-state index contributed by atoms with van der Waals surface area (Å²) in [4.78, 5) is 0. The highest BCUT2D eigenvalue weighted by Gasteiger charge is 2.33. The largest absolute Gasteiger partial charge is 0.544 e. The van der Waals surface area contributed by atoms with Crippen molar-refractivity contribution in [3.8, 4) is 11.5 Å². The minimum absolute atomic E-state index is 0.0642. The Hall–Kier alpha value is -0.746. The van der Waals surface area contributed by atoms with E-state index < -0.39 is 16.6 Å². The maximum atomic E-state index is 6.66. The summed E-state index contributed by atoms with van der Waals surface area (Å²) < 4.78 is 13.3. The number of benzene rings is 1. The SMILES string of the molecule is CCCC(C)(C)c1cc(O[Si](C)(C)C)c(C(C)(C)CCC)cc1O[Si](C)(C)C. The molecule has 0 bridgehead atoms. The fraction of sp³-hybridized carbons (Fsp3) is 0.750. The maximum Gasteiger partial charge on any atom is 0.242 e. The van der Waals surface area contributed by atoms with Crippen LogP contribution in [0.5, 0.6) is 11.5 Å². The molecule has 0 saturated heterocycles. The van der Waals surface area contributed by atoms with Gasteiger partial charge in [0.25, 0.3) is 0 Å². The van der Waals surface area contributed by atoms with Crippen LogP contribution in [0.4, 0.5) is 0 Å². The van der Waals surface area contributed by atoms with Crippen LogP contribution in [0.25, 0.3) is 0 Å². The Kier molecular flexibility index (Phi) is 8.08. The van der Waals surface area contributed by atoms with E-state index in [4.69, 9.17) is 8.85 Å². The van der Waals surface area contributed by atoms with E-state index in [-0.39, 0.29) is 10.8 Å². The number of rotatable bonds is 10. The Morgan fingerprint density at radius 3 is 1.14 bits per heavy atom. The first kappa shape index (κ1) is 25.3. The highest BCUT2D eigenvalue weighted by molar-refractivity contribution is 6.70. The van der Waals surface area contributed by atoms with Gasteiger partial charge in [0.05, 0.1) is 0 Å². The van der Waals surface area contributed by atoms with E-state index in [0.717, 1.165) is 37.2 Å². The second-order valence-corrected chi connectivity index (χ2v) is 20.4. The molecule has 1 aromatic rings. The van der Waals surface area contributed by atoms with Crippen molar-refractivity contribution in [3.63, 3.8) is 0 Å². The molecule has 0 unspecified atom stereocenters. The van der Waals surface area contributed by atoms with Gasteiger partial charge in [0.15, 0.2) is 0 Å². The van der Waals surface area contributed by atoms with Crippen LogP contribution in [-0.2, 0) is 10.8 Å². The van der Waals surface area contributed by atoms with Crippen LogP contribution < -0.4 is 8.85 Å². The molecule has 0 aromatic heterocycles. The highest BCUT2D eigenvalue weighted by atomic mass is 28.4. The van der Waals surface area contributed by atoms with Crippen LogP contribution in [0.3, 0.4) is 0 Å². The molecule has 0 N–H and O–H groups in total. The molecule has 28 heavy (non-hydrogen) atoms. The van der Waals surface area contributed by atoms with E-state index in [0.29, 0.717) is 0 Å². The van der Waals surface area contributed by atoms with E-state index in [1.807, 2.05) is 0 Å². The molecule has 1 rings (SSSR count). The fourth-order valence-electron chi connectivity index (χ4n) is 3.97. The minimum Gasteiger partial charge on any atom is -0.544 e. The maximum absolute atomic E-state index is 6.66. The van der Waals surface area contributed by atoms with Crippen molar-refractivity contribution in [1.82, 2.24) is 0 Å². The van der Waals surface area contributed by atoms with Gasteiger partial charge in [0.1, 0.15) is 11.5 Å². The van der Waals surface area contributed by atoms with Crippen molar-refractivity contribution < 1.29 is 8.85 Å². The lowest BCUT2D eigenvalue weighted by Gasteiger charge is -2.36. The standard InChI is InChI=1S/C24H46O2Si2/c1-13-15-23(3,4)19-17-22(26-28(10,11)12)20(24(5,6)16-14-2)18-21(19)25-27(7,8)9/h17-18H,13-16H2,1-12H3. The summed E-state index contributed by atoms with van der Waals surface area (Å²) >= 11 is 0. The Balaban J connectivity index is 3.77. The summed E-state index contributed by atoms with van der Waals surface area (Å²) in [6.45, 7) is 27.5. The predicted octanol–water partition coefficient (Wildman–Crippen LogP) is 8.27. The first-order valence-corrected chi connectivity index (χ1v) is 17.9. The Labute approximate surface area is 177 Å². The zero-order chi connectivity index (χ0) is 22.0. The van der Waals surface area contributed by atoms with Crippen LogP contribution >= 0.6 is 0 Å². The van der Waals surface area contributed by atoms with E-state index in [2.05, 4.69) is 93.0 Å². The molecule has 0 fully saturated rings. The summed E-state index contributed by atoms with van der Waals surface area (Å²) in [5.74, 6) is 2.17. The highest BCUT2D eigenvalue weighted by Crippen LogP contribution is 2.45. The molecule has 0 aliphatic rings. The smallest absolute Gasteiger partial charge is 0.242 e. The summed E-state index contributed by atoms with van der Waals surface area (Å²) in [6.07, 6.45) is 4.59. The fourth-order valence-corrected chi connectivity index (χ4v) is 5.62. The van der Waals surface area contributed by atoms with Crippen LogP contribution in [0.15, 0.2) is 12.1 Å². The molecular weight excluding hydrogens is 376 g/mol. The van der Waals surface area contributed by atoms with Gasteiger partial charge in [-0.25, -0.2) is 0 Å². The van der Waals surface area contributed by atoms with Crippen molar-refractivity contribution in [2.24, 2.45) is 0 Å². The molecule has 162 valence electrons. The third-order valence-corrected chi connectivity index (χ3v) is 6.79. The third kappa shape index (κ3) is 7.25. The molecule has 2 nitrogen and oxygen atoms in total. The lowest BCUT2D eigenvalue weighted by Crippen LogP contribution is -2.34. The van der Waals surface area contributed by atoms with Crippen molar-refractivity contribution in [3.05, 3.63) is 23.3 Å². The second kappa shape index (κ2) is 8.95. The Morgan fingerprint density at radius 2 is 0.929 bits per heavy atom. The molecule has 1 aromatic carbocycles. The minimum atomic E-state index is -1.73. The van der Waals surface area contributed by atoms with Gasteiger partial charge >= 0.3 is 0 Å². The summed E-state index contributed by atoms with van der Waals surface area (Å²) in [6, 6.07) is 4.66. The average molecular weight is 423 g/mol. The lowest BCUT2D eigenvalue weighted by molar-refractivity contribution is 0.424. The molecule has 0 radical (unpaired) electrons. The summed E-state index contributed by atoms with van der Waals surface area (Å²) in [5.41, 5.74) is 2.74. The average Bonchev–Trinajstić information content (AvgIpc) is 2.45. The van der Waals surface area contributed by atoms with Crippen LogP contribution in [0, 0.1) is 0 Å². The van der Waals surface area contributed by atoms with Gasteiger partial charge in [-0.15, -0.1) is 0 Å². The van der Waals surface area contributed by atoms with E-state index in [1.165, 1.54) is 11.1 Å². The van der Waals surface area contributed by atoms with Crippen molar-refractivity contribution in [2.45, 2.75) is 117 Å². The molecule has 0 atom stereocenters. The summed E-state index contributed by atoms with van der Waals surface area (Å²) in [7, 11) is -3.46. The molecule has 0 saturated carbocycles. The van der Waals surface area contributed by atoms with Crippen molar-refractivity contribution in [1.29, 1.82) is 0 Å². The number of hydrogen-bond donors (Lipinski definition) is 0. The zero-order valence-corrected chi connectivity index (χ0v) is 22.8. The molecular formula is C24H46O2Si2. The lowest BCUT2D eigenvalue weighted by atomic mass is 9.76. The normalized spacial score (nSPS) is 13.6. The van der Waals surface area contributed by atoms with Gasteiger partial charge < -0.3 is 8.85 Å². The molecule has 0 aliphatic heterocycles. The second-order valence-electron chi connectivity index (χ2n) is 11.5. The predicted molar refractivity (Wildman–Crippen MR) is 130 cm³/mol. The third-order valence-electron chi connectivity index (χ3n) is 5.12.